The molecule has 3 nitrogen and oxygen atoms in total. The molecule has 0 saturated heterocycles. The maximum Gasteiger partial charge on any atom is 0.313 e. The van der Waals surface area contributed by atoms with Crippen LogP contribution in [0.2, 0.25) is 5.02 Å². The van der Waals surface area contributed by atoms with Gasteiger partial charge in [-0.3, -0.25) is 4.79 Å². The van der Waals surface area contributed by atoms with Gasteiger partial charge in [-0.25, -0.2) is 4.98 Å². The van der Waals surface area contributed by atoms with Crippen LogP contribution in [-0.2, 0) is 4.79 Å². The molecular formula is C20H18ClNO2S. The second kappa shape index (κ2) is 8.28. The van der Waals surface area contributed by atoms with Crippen LogP contribution in [0.3, 0.4) is 0 Å². The third-order valence-corrected chi connectivity index (χ3v) is 4.93. The molecule has 25 heavy (non-hydrogen) atoms. The van der Waals surface area contributed by atoms with Gasteiger partial charge in [-0.15, -0.1) is 0 Å². The van der Waals surface area contributed by atoms with Gasteiger partial charge in [-0.1, -0.05) is 78.7 Å². The van der Waals surface area contributed by atoms with Crippen LogP contribution < -0.4 is 4.74 Å². The Bertz CT molecular complexity index is 844. The average molecular weight is 372 g/mol. The van der Waals surface area contributed by atoms with E-state index in [1.165, 1.54) is 11.3 Å². The van der Waals surface area contributed by atoms with Crippen molar-refractivity contribution in [1.82, 2.24) is 4.98 Å². The summed E-state index contributed by atoms with van der Waals surface area (Å²) in [4.78, 5) is 17.5. The standard InChI is InChI=1S/C20H18ClNO2S/c1-2-3-9-17(23)24-20-22-18(14-7-5-4-6-8-14)19(25-20)15-10-12-16(21)13-11-15/h4-8,10-13H,2-3,9H2,1H3. The van der Waals surface area contributed by atoms with Crippen molar-refractivity contribution in [3.8, 4) is 26.9 Å². The highest BCUT2D eigenvalue weighted by Gasteiger charge is 2.17. The number of carbonyl (C=O) groups is 1. The number of aromatic nitrogens is 1. The maximum absolute atomic E-state index is 11.9. The number of hydrogen-bond donors (Lipinski definition) is 0. The van der Waals surface area contributed by atoms with Gasteiger partial charge in [-0.05, 0) is 24.1 Å². The summed E-state index contributed by atoms with van der Waals surface area (Å²) in [5.74, 6) is -0.238. The molecule has 0 fully saturated rings. The van der Waals surface area contributed by atoms with Gasteiger partial charge in [0, 0.05) is 17.0 Å². The molecule has 0 atom stereocenters. The van der Waals surface area contributed by atoms with E-state index < -0.39 is 0 Å². The van der Waals surface area contributed by atoms with Crippen molar-refractivity contribution < 1.29 is 9.53 Å². The molecule has 1 aromatic heterocycles. The van der Waals surface area contributed by atoms with E-state index in [9.17, 15) is 4.79 Å². The van der Waals surface area contributed by atoms with E-state index in [1.54, 1.807) is 0 Å². The molecule has 0 aliphatic rings. The molecule has 3 aromatic rings. The Labute approximate surface area is 156 Å². The van der Waals surface area contributed by atoms with Crippen LogP contribution in [0, 0.1) is 0 Å². The van der Waals surface area contributed by atoms with Crippen molar-refractivity contribution in [2.45, 2.75) is 26.2 Å². The molecule has 0 N–H and O–H groups in total. The lowest BCUT2D eigenvalue weighted by Gasteiger charge is -2.02. The van der Waals surface area contributed by atoms with Gasteiger partial charge in [0.05, 0.1) is 10.6 Å². The number of thiazole rings is 1. The summed E-state index contributed by atoms with van der Waals surface area (Å²) in [6.45, 7) is 2.04. The molecule has 1 heterocycles. The van der Waals surface area contributed by atoms with E-state index in [2.05, 4.69) is 4.98 Å². The lowest BCUT2D eigenvalue weighted by molar-refractivity contribution is -0.134. The highest BCUT2D eigenvalue weighted by molar-refractivity contribution is 7.17. The second-order valence-electron chi connectivity index (χ2n) is 5.61. The van der Waals surface area contributed by atoms with Crippen LogP contribution in [0.15, 0.2) is 54.6 Å². The van der Waals surface area contributed by atoms with Crippen LogP contribution in [0.25, 0.3) is 21.7 Å². The Balaban J connectivity index is 1.97. The fourth-order valence-electron chi connectivity index (χ4n) is 2.40. The van der Waals surface area contributed by atoms with Crippen LogP contribution in [-0.4, -0.2) is 11.0 Å². The van der Waals surface area contributed by atoms with Crippen molar-refractivity contribution in [3.63, 3.8) is 0 Å². The smallest absolute Gasteiger partial charge is 0.313 e. The van der Waals surface area contributed by atoms with Crippen LogP contribution in [0.1, 0.15) is 26.2 Å². The molecule has 5 heteroatoms. The minimum absolute atomic E-state index is 0.238. The molecule has 0 aliphatic carbocycles. The zero-order chi connectivity index (χ0) is 17.6. The molecule has 0 unspecified atom stereocenters. The summed E-state index contributed by atoms with van der Waals surface area (Å²) in [6, 6.07) is 17.5. The zero-order valence-electron chi connectivity index (χ0n) is 13.9. The highest BCUT2D eigenvalue weighted by atomic mass is 35.5. The van der Waals surface area contributed by atoms with Gasteiger partial charge in [0.1, 0.15) is 0 Å². The molecular weight excluding hydrogens is 354 g/mol. The number of benzene rings is 2. The number of rotatable bonds is 6. The maximum atomic E-state index is 11.9. The second-order valence-corrected chi connectivity index (χ2v) is 7.01. The Morgan fingerprint density at radius 1 is 1.08 bits per heavy atom. The topological polar surface area (TPSA) is 39.2 Å². The lowest BCUT2D eigenvalue weighted by Crippen LogP contribution is -2.06. The predicted molar refractivity (Wildman–Crippen MR) is 103 cm³/mol. The molecule has 0 spiro atoms. The van der Waals surface area contributed by atoms with E-state index in [1.807, 2.05) is 61.5 Å². The molecule has 128 valence electrons. The van der Waals surface area contributed by atoms with Crippen molar-refractivity contribution in [2.75, 3.05) is 0 Å². The average Bonchev–Trinajstić information content (AvgIpc) is 3.05. The Morgan fingerprint density at radius 3 is 2.48 bits per heavy atom. The monoisotopic (exact) mass is 371 g/mol. The summed E-state index contributed by atoms with van der Waals surface area (Å²) < 4.78 is 5.45. The number of esters is 1. The van der Waals surface area contributed by atoms with Crippen LogP contribution in [0.5, 0.6) is 5.19 Å². The van der Waals surface area contributed by atoms with Gasteiger partial charge in [-0.2, -0.15) is 0 Å². The van der Waals surface area contributed by atoms with Crippen molar-refractivity contribution in [3.05, 3.63) is 59.6 Å². The van der Waals surface area contributed by atoms with Gasteiger partial charge in [0.2, 0.25) is 0 Å². The zero-order valence-corrected chi connectivity index (χ0v) is 15.4. The van der Waals surface area contributed by atoms with Gasteiger partial charge < -0.3 is 4.74 Å². The largest absolute Gasteiger partial charge is 0.398 e. The first-order valence-electron chi connectivity index (χ1n) is 8.20. The third kappa shape index (κ3) is 4.47. The molecule has 0 amide bonds. The fraction of sp³-hybridized carbons (Fsp3) is 0.200. The Kier molecular flexibility index (Phi) is 5.84. The minimum Gasteiger partial charge on any atom is -0.398 e. The highest BCUT2D eigenvalue weighted by Crippen LogP contribution is 2.40. The summed E-state index contributed by atoms with van der Waals surface area (Å²) in [7, 11) is 0. The number of unbranched alkanes of at least 4 members (excludes halogenated alkanes) is 1. The van der Waals surface area contributed by atoms with Crippen molar-refractivity contribution in [2.24, 2.45) is 0 Å². The molecule has 0 radical (unpaired) electrons. The summed E-state index contributed by atoms with van der Waals surface area (Å²) in [6.07, 6.45) is 2.19. The summed E-state index contributed by atoms with van der Waals surface area (Å²) in [5, 5.41) is 1.06. The molecule has 0 saturated carbocycles. The first-order valence-corrected chi connectivity index (χ1v) is 9.39. The van der Waals surface area contributed by atoms with Gasteiger partial charge >= 0.3 is 5.97 Å². The first-order chi connectivity index (χ1) is 12.2. The number of ether oxygens (including phenoxy) is 1. The van der Waals surface area contributed by atoms with Crippen LogP contribution in [0.4, 0.5) is 0 Å². The summed E-state index contributed by atoms with van der Waals surface area (Å²) >= 11 is 7.37. The molecule has 0 aliphatic heterocycles. The van der Waals surface area contributed by atoms with E-state index in [0.717, 1.165) is 34.5 Å². The lowest BCUT2D eigenvalue weighted by atomic mass is 10.1. The number of carbonyl (C=O) groups excluding carboxylic acids is 1. The van der Waals surface area contributed by atoms with Gasteiger partial charge in [0.15, 0.2) is 0 Å². The number of nitrogens with zero attached hydrogens (tertiary/aromatic N) is 1. The number of hydrogen-bond acceptors (Lipinski definition) is 4. The summed E-state index contributed by atoms with van der Waals surface area (Å²) in [5.41, 5.74) is 2.79. The Morgan fingerprint density at radius 2 is 1.80 bits per heavy atom. The number of halogens is 1. The van der Waals surface area contributed by atoms with E-state index in [4.69, 9.17) is 16.3 Å². The first kappa shape index (κ1) is 17.6. The van der Waals surface area contributed by atoms with Crippen molar-refractivity contribution in [1.29, 1.82) is 0 Å². The molecule has 0 bridgehead atoms. The molecule has 3 rings (SSSR count). The van der Waals surface area contributed by atoms with Crippen molar-refractivity contribution >= 4 is 28.9 Å². The molecule has 2 aromatic carbocycles. The SMILES string of the molecule is CCCCC(=O)Oc1nc(-c2ccccc2)c(-c2ccc(Cl)cc2)s1. The van der Waals surface area contributed by atoms with E-state index >= 15 is 0 Å². The quantitative estimate of drug-likeness (QED) is 0.482. The predicted octanol–water partition coefficient (Wildman–Crippen LogP) is 6.23. The third-order valence-electron chi connectivity index (χ3n) is 3.70. The van der Waals surface area contributed by atoms with E-state index in [0.29, 0.717) is 16.6 Å². The minimum atomic E-state index is -0.238. The van der Waals surface area contributed by atoms with Gasteiger partial charge in [0.25, 0.3) is 5.19 Å². The van der Waals surface area contributed by atoms with E-state index in [-0.39, 0.29) is 5.97 Å². The van der Waals surface area contributed by atoms with Crippen LogP contribution >= 0.6 is 22.9 Å². The Hall–Kier alpha value is -2.17. The fourth-order valence-corrected chi connectivity index (χ4v) is 3.49. The normalized spacial score (nSPS) is 10.6.